The summed E-state index contributed by atoms with van der Waals surface area (Å²) in [6.45, 7) is 0. The van der Waals surface area contributed by atoms with Crippen LogP contribution in [0.4, 0.5) is 0 Å². The van der Waals surface area contributed by atoms with Crippen molar-refractivity contribution >= 4 is 11.3 Å². The molecule has 16 heavy (non-hydrogen) atoms. The fraction of sp³-hybridized carbons (Fsp3) is 0.714. The van der Waals surface area contributed by atoms with Gasteiger partial charge in [0.05, 0.1) is 0 Å². The molecule has 2 bridgehead atoms. The molecule has 1 nitrogen and oxygen atoms in total. The number of fused-ring (bicyclic) bond motifs is 2. The molecule has 2 fully saturated rings. The van der Waals surface area contributed by atoms with E-state index in [2.05, 4.69) is 29.9 Å². The summed E-state index contributed by atoms with van der Waals surface area (Å²) in [6.07, 6.45) is 7.43. The third-order valence-corrected chi connectivity index (χ3v) is 5.64. The lowest BCUT2D eigenvalue weighted by atomic mass is 9.84. The Morgan fingerprint density at radius 1 is 1.44 bits per heavy atom. The van der Waals surface area contributed by atoms with Crippen LogP contribution in [0.15, 0.2) is 17.5 Å². The van der Waals surface area contributed by atoms with Gasteiger partial charge in [0.2, 0.25) is 0 Å². The van der Waals surface area contributed by atoms with Gasteiger partial charge in [-0.2, -0.15) is 0 Å². The van der Waals surface area contributed by atoms with Crippen LogP contribution < -0.4 is 5.32 Å². The van der Waals surface area contributed by atoms with Crippen molar-refractivity contribution in [1.82, 2.24) is 5.32 Å². The van der Waals surface area contributed by atoms with Crippen LogP contribution in [0.5, 0.6) is 0 Å². The van der Waals surface area contributed by atoms with Gasteiger partial charge in [-0.15, -0.1) is 11.3 Å². The van der Waals surface area contributed by atoms with Crippen LogP contribution in [0.3, 0.4) is 0 Å². The van der Waals surface area contributed by atoms with Gasteiger partial charge < -0.3 is 5.32 Å². The zero-order chi connectivity index (χ0) is 11.0. The first kappa shape index (κ1) is 10.8. The quantitative estimate of drug-likeness (QED) is 0.836. The number of thiophene rings is 1. The van der Waals surface area contributed by atoms with Crippen LogP contribution in [0.1, 0.15) is 43.0 Å². The summed E-state index contributed by atoms with van der Waals surface area (Å²) in [5.41, 5.74) is 0. The Hall–Kier alpha value is -0.340. The van der Waals surface area contributed by atoms with Crippen LogP contribution >= 0.6 is 11.3 Å². The van der Waals surface area contributed by atoms with E-state index in [0.717, 1.165) is 17.8 Å². The molecule has 2 saturated carbocycles. The molecule has 2 heteroatoms. The average Bonchev–Trinajstić information content (AvgIpc) is 3.01. The molecule has 2 aliphatic rings. The van der Waals surface area contributed by atoms with Gasteiger partial charge in [-0.3, -0.25) is 0 Å². The van der Waals surface area contributed by atoms with Gasteiger partial charge in [-0.25, -0.2) is 0 Å². The highest BCUT2D eigenvalue weighted by Gasteiger charge is 2.40. The monoisotopic (exact) mass is 235 g/mol. The van der Waals surface area contributed by atoms with Crippen LogP contribution in [0.2, 0.25) is 0 Å². The number of hydrogen-bond donors (Lipinski definition) is 1. The minimum Gasteiger partial charge on any atom is -0.312 e. The molecule has 4 atom stereocenters. The topological polar surface area (TPSA) is 12.0 Å². The van der Waals surface area contributed by atoms with Crippen LogP contribution in [-0.4, -0.2) is 7.05 Å². The highest BCUT2D eigenvalue weighted by molar-refractivity contribution is 7.10. The molecule has 1 aromatic heterocycles. The van der Waals surface area contributed by atoms with E-state index in [1.54, 1.807) is 0 Å². The van der Waals surface area contributed by atoms with Gasteiger partial charge in [0.1, 0.15) is 0 Å². The van der Waals surface area contributed by atoms with Crippen molar-refractivity contribution in [1.29, 1.82) is 0 Å². The van der Waals surface area contributed by atoms with E-state index < -0.39 is 0 Å². The van der Waals surface area contributed by atoms with E-state index >= 15 is 0 Å². The fourth-order valence-electron chi connectivity index (χ4n) is 3.83. The Balaban J connectivity index is 1.65. The lowest BCUT2D eigenvalue weighted by molar-refractivity contribution is 0.285. The van der Waals surface area contributed by atoms with Crippen molar-refractivity contribution in [3.05, 3.63) is 22.4 Å². The molecule has 4 unspecified atom stereocenters. The predicted octanol–water partition coefficient (Wildman–Crippen LogP) is 3.83. The van der Waals surface area contributed by atoms with Crippen LogP contribution in [0, 0.1) is 17.8 Å². The second-order valence-corrected chi connectivity index (χ2v) is 6.51. The molecule has 0 spiro atoms. The molecule has 88 valence electrons. The third kappa shape index (κ3) is 1.93. The molecule has 1 aromatic rings. The number of nitrogens with one attached hydrogen (secondary N) is 1. The average molecular weight is 235 g/mol. The number of rotatable bonds is 4. The lowest BCUT2D eigenvalue weighted by Crippen LogP contribution is -2.21. The van der Waals surface area contributed by atoms with Crippen molar-refractivity contribution in [3.63, 3.8) is 0 Å². The molecular formula is C14H21NS. The maximum atomic E-state index is 3.50. The molecule has 3 rings (SSSR count). The first-order valence-electron chi connectivity index (χ1n) is 6.57. The summed E-state index contributed by atoms with van der Waals surface area (Å²) in [5, 5.41) is 5.70. The molecule has 0 amide bonds. The minimum absolute atomic E-state index is 0.601. The molecule has 1 heterocycles. The molecule has 1 N–H and O–H groups in total. The molecular weight excluding hydrogens is 214 g/mol. The second kappa shape index (κ2) is 4.50. The van der Waals surface area contributed by atoms with Crippen molar-refractivity contribution in [2.24, 2.45) is 17.8 Å². The van der Waals surface area contributed by atoms with Crippen LogP contribution in [-0.2, 0) is 0 Å². The van der Waals surface area contributed by atoms with Gasteiger partial charge >= 0.3 is 0 Å². The Kier molecular flexibility index (Phi) is 3.03. The molecule has 0 radical (unpaired) electrons. The van der Waals surface area contributed by atoms with E-state index in [0.29, 0.717) is 6.04 Å². The predicted molar refractivity (Wildman–Crippen MR) is 69.7 cm³/mol. The smallest absolute Gasteiger partial charge is 0.0415 e. The maximum absolute atomic E-state index is 3.50. The standard InChI is InChI=1S/C14H21NS/c1-15-13(14-3-2-6-16-14)9-12-8-10-4-5-11(12)7-10/h2-3,6,10-13,15H,4-5,7-9H2,1H3. The van der Waals surface area contributed by atoms with Gasteiger partial charge in [0.15, 0.2) is 0 Å². The second-order valence-electron chi connectivity index (χ2n) is 5.53. The molecule has 2 aliphatic carbocycles. The van der Waals surface area contributed by atoms with Gasteiger partial charge in [0, 0.05) is 10.9 Å². The van der Waals surface area contributed by atoms with Crippen molar-refractivity contribution in [2.45, 2.75) is 38.1 Å². The Morgan fingerprint density at radius 2 is 2.38 bits per heavy atom. The van der Waals surface area contributed by atoms with Crippen molar-refractivity contribution < 1.29 is 0 Å². The highest BCUT2D eigenvalue weighted by atomic mass is 32.1. The van der Waals surface area contributed by atoms with Gasteiger partial charge in [0.25, 0.3) is 0 Å². The normalized spacial score (nSPS) is 34.4. The lowest BCUT2D eigenvalue weighted by Gasteiger charge is -2.26. The zero-order valence-electron chi connectivity index (χ0n) is 9.99. The SMILES string of the molecule is CNC(CC1CC2CCC1C2)c1cccs1. The van der Waals surface area contributed by atoms with Crippen molar-refractivity contribution in [3.8, 4) is 0 Å². The Labute approximate surface area is 102 Å². The Bertz CT molecular complexity index is 333. The maximum Gasteiger partial charge on any atom is 0.0415 e. The van der Waals surface area contributed by atoms with E-state index in [4.69, 9.17) is 0 Å². The van der Waals surface area contributed by atoms with E-state index in [1.165, 1.54) is 37.0 Å². The summed E-state index contributed by atoms with van der Waals surface area (Å²) in [5.74, 6) is 3.13. The fourth-order valence-corrected chi connectivity index (χ4v) is 4.68. The van der Waals surface area contributed by atoms with Crippen molar-refractivity contribution in [2.75, 3.05) is 7.05 Å². The Morgan fingerprint density at radius 3 is 2.94 bits per heavy atom. The first-order valence-corrected chi connectivity index (χ1v) is 7.45. The molecule has 0 aromatic carbocycles. The first-order chi connectivity index (χ1) is 7.86. The third-order valence-electron chi connectivity index (χ3n) is 4.66. The van der Waals surface area contributed by atoms with Gasteiger partial charge in [-0.05, 0) is 61.9 Å². The summed E-state index contributed by atoms with van der Waals surface area (Å²) >= 11 is 1.90. The molecule has 0 aliphatic heterocycles. The number of hydrogen-bond acceptors (Lipinski definition) is 2. The minimum atomic E-state index is 0.601. The van der Waals surface area contributed by atoms with Crippen LogP contribution in [0.25, 0.3) is 0 Å². The highest BCUT2D eigenvalue weighted by Crippen LogP contribution is 2.51. The summed E-state index contributed by atoms with van der Waals surface area (Å²) in [6, 6.07) is 5.05. The van der Waals surface area contributed by atoms with Gasteiger partial charge in [-0.1, -0.05) is 12.5 Å². The van der Waals surface area contributed by atoms with E-state index in [9.17, 15) is 0 Å². The zero-order valence-corrected chi connectivity index (χ0v) is 10.8. The summed E-state index contributed by atoms with van der Waals surface area (Å²) in [7, 11) is 2.11. The van der Waals surface area contributed by atoms with E-state index in [1.807, 2.05) is 11.3 Å². The summed E-state index contributed by atoms with van der Waals surface area (Å²) < 4.78 is 0. The largest absolute Gasteiger partial charge is 0.312 e. The van der Waals surface area contributed by atoms with E-state index in [-0.39, 0.29) is 0 Å². The molecule has 0 saturated heterocycles. The summed E-state index contributed by atoms with van der Waals surface area (Å²) in [4.78, 5) is 1.52.